The monoisotopic (exact) mass is 261 g/mol. The van der Waals surface area contributed by atoms with Crippen LogP contribution in [-0.2, 0) is 11.3 Å². The summed E-state index contributed by atoms with van der Waals surface area (Å²) >= 11 is 0. The van der Waals surface area contributed by atoms with Crippen molar-refractivity contribution in [3.8, 4) is 0 Å². The Bertz CT molecular complexity index is 425. The second-order valence-electron chi connectivity index (χ2n) is 5.18. The molecule has 4 heteroatoms. The Balaban J connectivity index is 1.82. The fourth-order valence-electron chi connectivity index (χ4n) is 2.51. The van der Waals surface area contributed by atoms with Gasteiger partial charge in [-0.1, -0.05) is 29.8 Å². The van der Waals surface area contributed by atoms with Crippen LogP contribution >= 0.6 is 0 Å². The minimum atomic E-state index is 0.192. The smallest absolute Gasteiger partial charge is 0.223 e. The van der Waals surface area contributed by atoms with E-state index in [9.17, 15) is 4.79 Å². The van der Waals surface area contributed by atoms with Crippen LogP contribution in [0.5, 0.6) is 0 Å². The molecule has 19 heavy (non-hydrogen) atoms. The molecule has 0 radical (unpaired) electrons. The van der Waals surface area contributed by atoms with Crippen LogP contribution in [0, 0.1) is 6.92 Å². The van der Waals surface area contributed by atoms with Crippen LogP contribution in [0.4, 0.5) is 0 Å². The first-order valence-electron chi connectivity index (χ1n) is 6.95. The molecule has 0 bridgehead atoms. The molecule has 1 aromatic rings. The number of hydrogen-bond donors (Lipinski definition) is 1. The minimum absolute atomic E-state index is 0.192. The van der Waals surface area contributed by atoms with E-state index in [2.05, 4.69) is 36.1 Å². The molecule has 1 aromatic carbocycles. The van der Waals surface area contributed by atoms with Crippen molar-refractivity contribution in [3.63, 3.8) is 0 Å². The molecular formula is C15H23N3O. The van der Waals surface area contributed by atoms with Gasteiger partial charge in [-0.15, -0.1) is 0 Å². The van der Waals surface area contributed by atoms with Gasteiger partial charge < -0.3 is 10.6 Å². The highest BCUT2D eigenvalue weighted by Crippen LogP contribution is 2.10. The summed E-state index contributed by atoms with van der Waals surface area (Å²) in [7, 11) is 0. The van der Waals surface area contributed by atoms with E-state index in [0.29, 0.717) is 13.0 Å². The first-order chi connectivity index (χ1) is 9.19. The maximum Gasteiger partial charge on any atom is 0.223 e. The molecule has 104 valence electrons. The number of rotatable bonds is 4. The quantitative estimate of drug-likeness (QED) is 0.879. The molecule has 1 aliphatic heterocycles. The Morgan fingerprint density at radius 2 is 2.00 bits per heavy atom. The summed E-state index contributed by atoms with van der Waals surface area (Å²) in [6.07, 6.45) is 0.470. The zero-order chi connectivity index (χ0) is 13.7. The predicted octanol–water partition coefficient (Wildman–Crippen LogP) is 0.988. The summed E-state index contributed by atoms with van der Waals surface area (Å²) in [6.45, 7) is 7.08. The van der Waals surface area contributed by atoms with Crippen molar-refractivity contribution in [3.05, 3.63) is 35.4 Å². The van der Waals surface area contributed by atoms with E-state index in [-0.39, 0.29) is 5.91 Å². The number of aryl methyl sites for hydroxylation is 1. The predicted molar refractivity (Wildman–Crippen MR) is 76.7 cm³/mol. The van der Waals surface area contributed by atoms with Crippen LogP contribution in [0.15, 0.2) is 24.3 Å². The molecule has 0 saturated carbocycles. The van der Waals surface area contributed by atoms with Crippen LogP contribution in [0.3, 0.4) is 0 Å². The topological polar surface area (TPSA) is 49.6 Å². The number of nitrogens with zero attached hydrogens (tertiary/aromatic N) is 2. The zero-order valence-electron chi connectivity index (χ0n) is 11.6. The van der Waals surface area contributed by atoms with Gasteiger partial charge in [0.1, 0.15) is 0 Å². The zero-order valence-corrected chi connectivity index (χ0v) is 11.6. The Morgan fingerprint density at radius 3 is 2.63 bits per heavy atom. The Morgan fingerprint density at radius 1 is 1.26 bits per heavy atom. The van der Waals surface area contributed by atoms with Crippen molar-refractivity contribution >= 4 is 5.91 Å². The highest BCUT2D eigenvalue weighted by atomic mass is 16.2. The SMILES string of the molecule is Cc1cccc(CN2CCN(C(=O)CCN)CC2)c1. The lowest BCUT2D eigenvalue weighted by atomic mass is 10.1. The lowest BCUT2D eigenvalue weighted by molar-refractivity contribution is -0.132. The number of piperazine rings is 1. The minimum Gasteiger partial charge on any atom is -0.340 e. The van der Waals surface area contributed by atoms with Gasteiger partial charge in [0.15, 0.2) is 0 Å². The lowest BCUT2D eigenvalue weighted by Crippen LogP contribution is -2.48. The molecule has 1 aliphatic rings. The molecule has 0 unspecified atom stereocenters. The first kappa shape index (κ1) is 14.0. The average molecular weight is 261 g/mol. The van der Waals surface area contributed by atoms with Crippen LogP contribution in [-0.4, -0.2) is 48.4 Å². The molecule has 1 saturated heterocycles. The number of carbonyl (C=O) groups excluding carboxylic acids is 1. The normalized spacial score (nSPS) is 16.6. The molecule has 2 rings (SSSR count). The van der Waals surface area contributed by atoms with Crippen molar-refractivity contribution in [1.29, 1.82) is 0 Å². The number of benzene rings is 1. The molecule has 0 aromatic heterocycles. The van der Waals surface area contributed by atoms with Gasteiger partial charge in [0.05, 0.1) is 0 Å². The lowest BCUT2D eigenvalue weighted by Gasteiger charge is -2.34. The molecule has 1 amide bonds. The third kappa shape index (κ3) is 4.04. The van der Waals surface area contributed by atoms with Gasteiger partial charge >= 0.3 is 0 Å². The molecule has 1 fully saturated rings. The van der Waals surface area contributed by atoms with E-state index in [4.69, 9.17) is 5.73 Å². The van der Waals surface area contributed by atoms with Crippen LogP contribution < -0.4 is 5.73 Å². The molecule has 2 N–H and O–H groups in total. The van der Waals surface area contributed by atoms with Crippen LogP contribution in [0.1, 0.15) is 17.5 Å². The Kier molecular flexibility index (Phi) is 4.93. The number of hydrogen-bond acceptors (Lipinski definition) is 3. The van der Waals surface area contributed by atoms with E-state index in [0.717, 1.165) is 32.7 Å². The standard InChI is InChI=1S/C15H23N3O/c1-13-3-2-4-14(11-13)12-17-7-9-18(10-8-17)15(19)5-6-16/h2-4,11H,5-10,12,16H2,1H3. The van der Waals surface area contributed by atoms with Gasteiger partial charge in [0, 0.05) is 45.7 Å². The average Bonchev–Trinajstić information content (AvgIpc) is 2.40. The van der Waals surface area contributed by atoms with Crippen molar-refractivity contribution in [2.24, 2.45) is 5.73 Å². The summed E-state index contributed by atoms with van der Waals surface area (Å²) in [5.74, 6) is 0.192. The Hall–Kier alpha value is -1.39. The van der Waals surface area contributed by atoms with Gasteiger partial charge in [-0.05, 0) is 12.5 Å². The highest BCUT2D eigenvalue weighted by Gasteiger charge is 2.20. The van der Waals surface area contributed by atoms with Crippen LogP contribution in [0.2, 0.25) is 0 Å². The second-order valence-corrected chi connectivity index (χ2v) is 5.18. The maximum atomic E-state index is 11.7. The van der Waals surface area contributed by atoms with E-state index in [1.807, 2.05) is 4.90 Å². The summed E-state index contributed by atoms with van der Waals surface area (Å²) in [4.78, 5) is 16.1. The summed E-state index contributed by atoms with van der Waals surface area (Å²) in [6, 6.07) is 8.61. The molecule has 0 aliphatic carbocycles. The van der Waals surface area contributed by atoms with Crippen molar-refractivity contribution < 1.29 is 4.79 Å². The molecule has 0 atom stereocenters. The Labute approximate surface area is 115 Å². The van der Waals surface area contributed by atoms with E-state index in [1.165, 1.54) is 11.1 Å². The van der Waals surface area contributed by atoms with E-state index < -0.39 is 0 Å². The van der Waals surface area contributed by atoms with Gasteiger partial charge in [0.25, 0.3) is 0 Å². The number of nitrogens with two attached hydrogens (primary N) is 1. The molecule has 1 heterocycles. The molecule has 0 spiro atoms. The largest absolute Gasteiger partial charge is 0.340 e. The maximum absolute atomic E-state index is 11.7. The van der Waals surface area contributed by atoms with Gasteiger partial charge in [0.2, 0.25) is 5.91 Å². The first-order valence-corrected chi connectivity index (χ1v) is 6.95. The summed E-state index contributed by atoms with van der Waals surface area (Å²) in [5, 5.41) is 0. The fourth-order valence-corrected chi connectivity index (χ4v) is 2.51. The summed E-state index contributed by atoms with van der Waals surface area (Å²) < 4.78 is 0. The van der Waals surface area contributed by atoms with E-state index >= 15 is 0 Å². The second kappa shape index (κ2) is 6.68. The van der Waals surface area contributed by atoms with Crippen molar-refractivity contribution in [2.45, 2.75) is 19.9 Å². The number of amides is 1. The fraction of sp³-hybridized carbons (Fsp3) is 0.533. The van der Waals surface area contributed by atoms with Gasteiger partial charge in [-0.25, -0.2) is 0 Å². The molecule has 4 nitrogen and oxygen atoms in total. The highest BCUT2D eigenvalue weighted by molar-refractivity contribution is 5.76. The van der Waals surface area contributed by atoms with E-state index in [1.54, 1.807) is 0 Å². The number of carbonyl (C=O) groups is 1. The van der Waals surface area contributed by atoms with Crippen LogP contribution in [0.25, 0.3) is 0 Å². The van der Waals surface area contributed by atoms with Crippen molar-refractivity contribution in [1.82, 2.24) is 9.80 Å². The third-order valence-corrected chi connectivity index (χ3v) is 3.57. The third-order valence-electron chi connectivity index (χ3n) is 3.57. The van der Waals surface area contributed by atoms with Gasteiger partial charge in [-0.2, -0.15) is 0 Å². The summed E-state index contributed by atoms with van der Waals surface area (Å²) in [5.41, 5.74) is 8.07. The molecular weight excluding hydrogens is 238 g/mol. The van der Waals surface area contributed by atoms with Gasteiger partial charge in [-0.3, -0.25) is 9.69 Å². The van der Waals surface area contributed by atoms with Crippen molar-refractivity contribution in [2.75, 3.05) is 32.7 Å².